The van der Waals surface area contributed by atoms with E-state index < -0.39 is 0 Å². The minimum atomic E-state index is 0.551. The Kier molecular flexibility index (Phi) is 3.45. The van der Waals surface area contributed by atoms with Crippen LogP contribution in [0.1, 0.15) is 42.8 Å². The Bertz CT molecular complexity index is 1090. The van der Waals surface area contributed by atoms with Crippen LogP contribution >= 0.6 is 0 Å². The number of nitrogens with zero attached hydrogens (tertiary/aromatic N) is 5. The van der Waals surface area contributed by atoms with Gasteiger partial charge in [-0.2, -0.15) is 0 Å². The zero-order chi connectivity index (χ0) is 17.7. The third kappa shape index (κ3) is 2.36. The zero-order valence-corrected chi connectivity index (χ0v) is 15.0. The zero-order valence-electron chi connectivity index (χ0n) is 15.0. The summed E-state index contributed by atoms with van der Waals surface area (Å²) in [5.41, 5.74) is 2.98. The minimum Gasteiger partial charge on any atom is -0.461 e. The molecule has 0 aliphatic heterocycles. The minimum absolute atomic E-state index is 0.551. The average molecular weight is 347 g/mol. The molecule has 0 atom stereocenters. The molecule has 0 unspecified atom stereocenters. The number of hydrogen-bond donors (Lipinski definition) is 0. The highest BCUT2D eigenvalue weighted by Gasteiger charge is 2.29. The second-order valence-corrected chi connectivity index (χ2v) is 6.99. The molecule has 1 aliphatic rings. The lowest BCUT2D eigenvalue weighted by Gasteiger charge is -2.18. The summed E-state index contributed by atoms with van der Waals surface area (Å²) in [6, 6.07) is 8.21. The van der Waals surface area contributed by atoms with Crippen LogP contribution < -0.4 is 4.90 Å². The highest BCUT2D eigenvalue weighted by molar-refractivity contribution is 5.82. The summed E-state index contributed by atoms with van der Waals surface area (Å²) >= 11 is 0. The SMILES string of the molecule is CCc1oc2ccccc2c1CN(C)c1nccn2c(C3CC3)nnc12. The van der Waals surface area contributed by atoms with Crippen LogP contribution in [0.3, 0.4) is 0 Å². The number of benzene rings is 1. The molecule has 3 heterocycles. The fourth-order valence-corrected chi connectivity index (χ4v) is 3.64. The van der Waals surface area contributed by atoms with Crippen molar-refractivity contribution in [2.75, 3.05) is 11.9 Å². The number of anilines is 1. The molecule has 6 heteroatoms. The number of fused-ring (bicyclic) bond motifs is 2. The van der Waals surface area contributed by atoms with Crippen molar-refractivity contribution in [2.24, 2.45) is 0 Å². The number of aryl methyl sites for hydroxylation is 1. The van der Waals surface area contributed by atoms with Crippen molar-refractivity contribution in [1.82, 2.24) is 19.6 Å². The van der Waals surface area contributed by atoms with Gasteiger partial charge in [-0.3, -0.25) is 4.40 Å². The molecule has 5 rings (SSSR count). The number of furan rings is 1. The maximum absolute atomic E-state index is 6.04. The molecule has 1 saturated carbocycles. The van der Waals surface area contributed by atoms with Crippen LogP contribution in [0, 0.1) is 0 Å². The van der Waals surface area contributed by atoms with E-state index in [0.29, 0.717) is 5.92 Å². The summed E-state index contributed by atoms with van der Waals surface area (Å²) in [5.74, 6) is 3.49. The predicted molar refractivity (Wildman–Crippen MR) is 100 cm³/mol. The van der Waals surface area contributed by atoms with Gasteiger partial charge in [-0.05, 0) is 18.9 Å². The fraction of sp³-hybridized carbons (Fsp3) is 0.350. The van der Waals surface area contributed by atoms with Gasteiger partial charge >= 0.3 is 0 Å². The van der Waals surface area contributed by atoms with Crippen LogP contribution in [0.5, 0.6) is 0 Å². The lowest BCUT2D eigenvalue weighted by Crippen LogP contribution is -2.19. The van der Waals surface area contributed by atoms with Crippen molar-refractivity contribution in [3.05, 3.63) is 53.8 Å². The predicted octanol–water partition coefficient (Wildman–Crippen LogP) is 3.95. The number of hydrogen-bond acceptors (Lipinski definition) is 5. The first kappa shape index (κ1) is 15.4. The number of aromatic nitrogens is 4. The lowest BCUT2D eigenvalue weighted by atomic mass is 10.1. The van der Waals surface area contributed by atoms with E-state index in [1.54, 1.807) is 0 Å². The maximum Gasteiger partial charge on any atom is 0.203 e. The Morgan fingerprint density at radius 2 is 2.08 bits per heavy atom. The van der Waals surface area contributed by atoms with Crippen LogP contribution in [0.25, 0.3) is 16.6 Å². The Labute approximate surface area is 151 Å². The molecule has 26 heavy (non-hydrogen) atoms. The molecule has 0 radical (unpaired) electrons. The normalized spacial score (nSPS) is 14.4. The van der Waals surface area contributed by atoms with E-state index in [1.165, 1.54) is 23.8 Å². The first-order valence-corrected chi connectivity index (χ1v) is 9.16. The van der Waals surface area contributed by atoms with E-state index in [-0.39, 0.29) is 0 Å². The van der Waals surface area contributed by atoms with Crippen LogP contribution in [0.2, 0.25) is 0 Å². The molecular weight excluding hydrogens is 326 g/mol. The second-order valence-electron chi connectivity index (χ2n) is 6.99. The molecule has 0 bridgehead atoms. The molecule has 0 saturated heterocycles. The van der Waals surface area contributed by atoms with Gasteiger partial charge in [-0.25, -0.2) is 4.98 Å². The van der Waals surface area contributed by atoms with Crippen molar-refractivity contribution in [3.8, 4) is 0 Å². The molecule has 1 aromatic carbocycles. The Balaban J connectivity index is 1.55. The number of rotatable bonds is 5. The maximum atomic E-state index is 6.04. The van der Waals surface area contributed by atoms with E-state index in [1.807, 2.05) is 24.5 Å². The summed E-state index contributed by atoms with van der Waals surface area (Å²) in [6.07, 6.45) is 7.07. The van der Waals surface area contributed by atoms with E-state index in [2.05, 4.69) is 50.6 Å². The highest BCUT2D eigenvalue weighted by Crippen LogP contribution is 2.39. The average Bonchev–Trinajstić information content (AvgIpc) is 3.32. The standard InChI is InChI=1S/C20H21N5O/c1-3-16-15(14-6-4-5-7-17(14)26-16)12-24(2)19-20-23-22-18(13-8-9-13)25(20)11-10-21-19/h4-7,10-11,13H,3,8-9,12H2,1-2H3. The molecule has 132 valence electrons. The smallest absolute Gasteiger partial charge is 0.203 e. The third-order valence-corrected chi connectivity index (χ3v) is 5.14. The Hall–Kier alpha value is -2.89. The second kappa shape index (κ2) is 5.83. The van der Waals surface area contributed by atoms with Gasteiger partial charge in [0.15, 0.2) is 5.82 Å². The number of para-hydroxylation sites is 1. The van der Waals surface area contributed by atoms with Gasteiger partial charge in [0.1, 0.15) is 17.2 Å². The first-order valence-electron chi connectivity index (χ1n) is 9.16. The quantitative estimate of drug-likeness (QED) is 0.547. The molecule has 4 aromatic rings. The van der Waals surface area contributed by atoms with Gasteiger partial charge in [-0.1, -0.05) is 25.1 Å². The highest BCUT2D eigenvalue weighted by atomic mass is 16.3. The van der Waals surface area contributed by atoms with Crippen molar-refractivity contribution >= 4 is 22.4 Å². The lowest BCUT2D eigenvalue weighted by molar-refractivity contribution is 0.549. The van der Waals surface area contributed by atoms with Gasteiger partial charge in [-0.15, -0.1) is 10.2 Å². The van der Waals surface area contributed by atoms with Crippen LogP contribution in [-0.4, -0.2) is 26.6 Å². The van der Waals surface area contributed by atoms with Gasteiger partial charge in [0.2, 0.25) is 5.65 Å². The van der Waals surface area contributed by atoms with Crippen molar-refractivity contribution in [2.45, 2.75) is 38.6 Å². The van der Waals surface area contributed by atoms with Crippen LogP contribution in [-0.2, 0) is 13.0 Å². The van der Waals surface area contributed by atoms with Crippen molar-refractivity contribution in [1.29, 1.82) is 0 Å². The molecule has 0 amide bonds. The van der Waals surface area contributed by atoms with E-state index in [4.69, 9.17) is 4.42 Å². The van der Waals surface area contributed by atoms with Crippen LogP contribution in [0.4, 0.5) is 5.82 Å². The van der Waals surface area contributed by atoms with Crippen molar-refractivity contribution < 1.29 is 4.42 Å². The summed E-state index contributed by atoms with van der Waals surface area (Å²) in [5, 5.41) is 10.00. The van der Waals surface area contributed by atoms with Gasteiger partial charge < -0.3 is 9.32 Å². The molecule has 6 nitrogen and oxygen atoms in total. The Morgan fingerprint density at radius 1 is 1.23 bits per heavy atom. The molecule has 0 spiro atoms. The summed E-state index contributed by atoms with van der Waals surface area (Å²) < 4.78 is 8.12. The molecule has 1 fully saturated rings. The molecule has 1 aliphatic carbocycles. The Morgan fingerprint density at radius 3 is 2.88 bits per heavy atom. The van der Waals surface area contributed by atoms with Gasteiger partial charge in [0.05, 0.1) is 0 Å². The van der Waals surface area contributed by atoms with Gasteiger partial charge in [0, 0.05) is 49.3 Å². The van der Waals surface area contributed by atoms with E-state index >= 15 is 0 Å². The fourth-order valence-electron chi connectivity index (χ4n) is 3.64. The topological polar surface area (TPSA) is 59.5 Å². The third-order valence-electron chi connectivity index (χ3n) is 5.14. The largest absolute Gasteiger partial charge is 0.461 e. The first-order chi connectivity index (χ1) is 12.8. The molecular formula is C20H21N5O. The monoisotopic (exact) mass is 347 g/mol. The van der Waals surface area contributed by atoms with Gasteiger partial charge in [0.25, 0.3) is 0 Å². The molecule has 3 aromatic heterocycles. The van der Waals surface area contributed by atoms with Crippen molar-refractivity contribution in [3.63, 3.8) is 0 Å². The summed E-state index contributed by atoms with van der Waals surface area (Å²) in [4.78, 5) is 6.72. The van der Waals surface area contributed by atoms with Crippen LogP contribution in [0.15, 0.2) is 41.1 Å². The summed E-state index contributed by atoms with van der Waals surface area (Å²) in [7, 11) is 2.05. The molecule has 0 N–H and O–H groups in total. The van der Waals surface area contributed by atoms with E-state index in [9.17, 15) is 0 Å². The summed E-state index contributed by atoms with van der Waals surface area (Å²) in [6.45, 7) is 2.85. The van der Waals surface area contributed by atoms with E-state index in [0.717, 1.165) is 41.6 Å².